The van der Waals surface area contributed by atoms with Crippen LogP contribution in [-0.2, 0) is 0 Å². The summed E-state index contributed by atoms with van der Waals surface area (Å²) in [7, 11) is 0. The van der Waals surface area contributed by atoms with Crippen LogP contribution in [0.3, 0.4) is 0 Å². The lowest BCUT2D eigenvalue weighted by Gasteiger charge is -2.37. The third kappa shape index (κ3) is 1.93. The van der Waals surface area contributed by atoms with Crippen molar-refractivity contribution in [3.63, 3.8) is 0 Å². The fraction of sp³-hybridized carbons (Fsp3) is 0.556. The summed E-state index contributed by atoms with van der Waals surface area (Å²) in [5, 5.41) is 4.54. The summed E-state index contributed by atoms with van der Waals surface area (Å²) in [6.07, 6.45) is 3.18. The van der Waals surface area contributed by atoms with Crippen molar-refractivity contribution >= 4 is 17.2 Å². The number of thiazole rings is 1. The van der Waals surface area contributed by atoms with Gasteiger partial charge in [0.1, 0.15) is 5.69 Å². The van der Waals surface area contributed by atoms with Gasteiger partial charge in [0.2, 0.25) is 0 Å². The second-order valence-electron chi connectivity index (χ2n) is 3.77. The van der Waals surface area contributed by atoms with Crippen LogP contribution in [0.15, 0.2) is 10.9 Å². The minimum Gasteiger partial charge on any atom is -0.349 e. The molecule has 0 atom stereocenters. The summed E-state index contributed by atoms with van der Waals surface area (Å²) in [6, 6.07) is 0. The molecule has 1 aromatic rings. The number of nitrogens with two attached hydrogens (primary N) is 1. The summed E-state index contributed by atoms with van der Waals surface area (Å²) < 4.78 is 0. The summed E-state index contributed by atoms with van der Waals surface area (Å²) >= 11 is 1.42. The minimum absolute atomic E-state index is 0.122. The Morgan fingerprint density at radius 2 is 2.50 bits per heavy atom. The van der Waals surface area contributed by atoms with E-state index in [-0.39, 0.29) is 11.4 Å². The topological polar surface area (TPSA) is 68.0 Å². The number of carbonyl (C=O) groups excluding carboxylic acids is 1. The molecule has 1 aromatic heterocycles. The highest BCUT2D eigenvalue weighted by Crippen LogP contribution is 2.28. The maximum absolute atomic E-state index is 11.5. The fourth-order valence-corrected chi connectivity index (χ4v) is 2.01. The van der Waals surface area contributed by atoms with Gasteiger partial charge in [-0.3, -0.25) is 4.79 Å². The Morgan fingerprint density at radius 1 is 1.71 bits per heavy atom. The van der Waals surface area contributed by atoms with Crippen molar-refractivity contribution in [1.82, 2.24) is 10.3 Å². The maximum atomic E-state index is 11.5. The Morgan fingerprint density at radius 3 is 3.00 bits per heavy atom. The molecule has 14 heavy (non-hydrogen) atoms. The first-order chi connectivity index (χ1) is 6.70. The van der Waals surface area contributed by atoms with E-state index in [1.165, 1.54) is 17.8 Å². The fourth-order valence-electron chi connectivity index (χ4n) is 1.48. The lowest BCUT2D eigenvalue weighted by atomic mass is 9.78. The summed E-state index contributed by atoms with van der Waals surface area (Å²) in [5.74, 6) is -0.122. The van der Waals surface area contributed by atoms with Gasteiger partial charge in [0, 0.05) is 17.5 Å². The maximum Gasteiger partial charge on any atom is 0.270 e. The van der Waals surface area contributed by atoms with Crippen LogP contribution < -0.4 is 11.1 Å². The van der Waals surface area contributed by atoms with Crippen LogP contribution in [0.2, 0.25) is 0 Å². The van der Waals surface area contributed by atoms with Crippen LogP contribution in [0.1, 0.15) is 29.8 Å². The molecule has 1 aliphatic carbocycles. The van der Waals surface area contributed by atoms with Crippen molar-refractivity contribution in [3.05, 3.63) is 16.6 Å². The molecular weight excluding hydrogens is 198 g/mol. The van der Waals surface area contributed by atoms with Crippen LogP contribution in [-0.4, -0.2) is 23.0 Å². The second-order valence-corrected chi connectivity index (χ2v) is 4.49. The van der Waals surface area contributed by atoms with Gasteiger partial charge in [-0.1, -0.05) is 0 Å². The number of nitrogens with zero attached hydrogens (tertiary/aromatic N) is 1. The Kier molecular flexibility index (Phi) is 2.52. The standard InChI is InChI=1S/C9H13N3OS/c10-9(2-1-3-9)5-11-8(13)7-4-14-6-12-7/h4,6H,1-3,5,10H2,(H,11,13). The van der Waals surface area contributed by atoms with Gasteiger partial charge >= 0.3 is 0 Å². The lowest BCUT2D eigenvalue weighted by molar-refractivity contribution is 0.0925. The molecule has 5 heteroatoms. The summed E-state index contributed by atoms with van der Waals surface area (Å²) in [4.78, 5) is 15.4. The van der Waals surface area contributed by atoms with Gasteiger partial charge < -0.3 is 11.1 Å². The third-order valence-electron chi connectivity index (χ3n) is 2.62. The molecule has 0 spiro atoms. The zero-order valence-corrected chi connectivity index (χ0v) is 8.64. The van der Waals surface area contributed by atoms with Crippen LogP contribution in [0.4, 0.5) is 0 Å². The molecule has 0 aliphatic heterocycles. The first-order valence-electron chi connectivity index (χ1n) is 4.65. The lowest BCUT2D eigenvalue weighted by Crippen LogP contribution is -2.54. The number of hydrogen-bond donors (Lipinski definition) is 2. The average molecular weight is 211 g/mol. The van der Waals surface area contributed by atoms with Gasteiger partial charge in [-0.05, 0) is 19.3 Å². The van der Waals surface area contributed by atoms with Gasteiger partial charge in [0.15, 0.2) is 0 Å². The van der Waals surface area contributed by atoms with Gasteiger partial charge in [0.25, 0.3) is 5.91 Å². The zero-order chi connectivity index (χ0) is 10.0. The normalized spacial score (nSPS) is 18.6. The molecule has 0 saturated heterocycles. The molecule has 0 aromatic carbocycles. The molecule has 1 heterocycles. The smallest absolute Gasteiger partial charge is 0.270 e. The van der Waals surface area contributed by atoms with E-state index in [1.54, 1.807) is 10.9 Å². The number of aromatic nitrogens is 1. The Bertz CT molecular complexity index is 319. The van der Waals surface area contributed by atoms with Gasteiger partial charge in [-0.25, -0.2) is 4.98 Å². The van der Waals surface area contributed by atoms with Crippen LogP contribution in [0.5, 0.6) is 0 Å². The van der Waals surface area contributed by atoms with Gasteiger partial charge in [-0.2, -0.15) is 0 Å². The molecule has 2 rings (SSSR count). The van der Waals surface area contributed by atoms with Crippen LogP contribution >= 0.6 is 11.3 Å². The number of amides is 1. The van der Waals surface area contributed by atoms with Gasteiger partial charge in [0.05, 0.1) is 5.51 Å². The molecule has 1 aliphatic rings. The molecule has 1 fully saturated rings. The molecule has 1 saturated carbocycles. The number of nitrogens with one attached hydrogen (secondary N) is 1. The van der Waals surface area contributed by atoms with Crippen LogP contribution in [0.25, 0.3) is 0 Å². The number of rotatable bonds is 3. The van der Waals surface area contributed by atoms with Crippen molar-refractivity contribution in [1.29, 1.82) is 0 Å². The Balaban J connectivity index is 1.84. The van der Waals surface area contributed by atoms with E-state index in [1.807, 2.05) is 0 Å². The van der Waals surface area contributed by atoms with E-state index < -0.39 is 0 Å². The Hall–Kier alpha value is -0.940. The van der Waals surface area contributed by atoms with Crippen molar-refractivity contribution in [2.24, 2.45) is 5.73 Å². The van der Waals surface area contributed by atoms with Crippen molar-refractivity contribution in [2.75, 3.05) is 6.54 Å². The van der Waals surface area contributed by atoms with E-state index in [4.69, 9.17) is 5.73 Å². The molecule has 1 amide bonds. The summed E-state index contributed by atoms with van der Waals surface area (Å²) in [6.45, 7) is 0.559. The SMILES string of the molecule is NC1(CNC(=O)c2cscn2)CCC1. The predicted molar refractivity (Wildman–Crippen MR) is 55.2 cm³/mol. The first-order valence-corrected chi connectivity index (χ1v) is 5.59. The minimum atomic E-state index is -0.161. The average Bonchev–Trinajstić information content (AvgIpc) is 2.63. The number of hydrogen-bond acceptors (Lipinski definition) is 4. The van der Waals surface area contributed by atoms with Gasteiger partial charge in [-0.15, -0.1) is 11.3 Å². The van der Waals surface area contributed by atoms with E-state index in [0.29, 0.717) is 12.2 Å². The van der Waals surface area contributed by atoms with Crippen LogP contribution in [0, 0.1) is 0 Å². The molecule has 76 valence electrons. The zero-order valence-electron chi connectivity index (χ0n) is 7.82. The molecule has 4 nitrogen and oxygen atoms in total. The summed E-state index contributed by atoms with van der Waals surface area (Å²) in [5.41, 5.74) is 7.94. The third-order valence-corrected chi connectivity index (χ3v) is 3.20. The van der Waals surface area contributed by atoms with E-state index in [0.717, 1.165) is 12.8 Å². The molecule has 0 radical (unpaired) electrons. The van der Waals surface area contributed by atoms with E-state index in [9.17, 15) is 4.79 Å². The molecule has 3 N–H and O–H groups in total. The highest BCUT2D eigenvalue weighted by molar-refractivity contribution is 7.07. The number of carbonyl (C=O) groups is 1. The van der Waals surface area contributed by atoms with Crippen molar-refractivity contribution in [3.8, 4) is 0 Å². The molecule has 0 unspecified atom stereocenters. The Labute approximate surface area is 86.5 Å². The molecule has 0 bridgehead atoms. The van der Waals surface area contributed by atoms with E-state index in [2.05, 4.69) is 10.3 Å². The van der Waals surface area contributed by atoms with Crippen molar-refractivity contribution in [2.45, 2.75) is 24.8 Å². The predicted octanol–water partition coefficient (Wildman–Crippen LogP) is 0.754. The highest BCUT2D eigenvalue weighted by Gasteiger charge is 2.32. The van der Waals surface area contributed by atoms with Crippen molar-refractivity contribution < 1.29 is 4.79 Å². The van der Waals surface area contributed by atoms with E-state index >= 15 is 0 Å². The monoisotopic (exact) mass is 211 g/mol. The molecular formula is C9H13N3OS. The second kappa shape index (κ2) is 3.67. The first kappa shape index (κ1) is 9.61. The highest BCUT2D eigenvalue weighted by atomic mass is 32.1. The largest absolute Gasteiger partial charge is 0.349 e. The quantitative estimate of drug-likeness (QED) is 0.775.